The molecule has 0 aromatic carbocycles. The van der Waals surface area contributed by atoms with Gasteiger partial charge < -0.3 is 15.8 Å². The van der Waals surface area contributed by atoms with E-state index < -0.39 is 0 Å². The van der Waals surface area contributed by atoms with Crippen LogP contribution in [0, 0.1) is 0 Å². The number of nitrogens with two attached hydrogens (primary N) is 1. The van der Waals surface area contributed by atoms with Gasteiger partial charge in [-0.3, -0.25) is 9.69 Å². The first-order chi connectivity index (χ1) is 9.08. The van der Waals surface area contributed by atoms with Crippen molar-refractivity contribution in [1.29, 1.82) is 0 Å². The molecular weight excluding hydrogens is 242 g/mol. The van der Waals surface area contributed by atoms with E-state index in [0.717, 1.165) is 32.4 Å². The minimum absolute atomic E-state index is 0.0514. The average Bonchev–Trinajstić information content (AvgIpc) is 2.44. The summed E-state index contributed by atoms with van der Waals surface area (Å²) in [6.07, 6.45) is 3.25. The van der Waals surface area contributed by atoms with E-state index in [1.807, 2.05) is 13.8 Å². The second-order valence-electron chi connectivity index (χ2n) is 5.39. The molecule has 1 fully saturated rings. The Kier molecular flexibility index (Phi) is 7.34. The Morgan fingerprint density at radius 3 is 2.58 bits per heavy atom. The molecule has 1 aliphatic heterocycles. The highest BCUT2D eigenvalue weighted by Gasteiger charge is 2.27. The third kappa shape index (κ3) is 5.47. The molecule has 5 nitrogen and oxygen atoms in total. The van der Waals surface area contributed by atoms with Crippen LogP contribution in [0.3, 0.4) is 0 Å². The largest absolute Gasteiger partial charge is 0.377 e. The molecule has 1 aliphatic rings. The lowest BCUT2D eigenvalue weighted by Gasteiger charge is -2.35. The predicted molar refractivity (Wildman–Crippen MR) is 77.0 cm³/mol. The van der Waals surface area contributed by atoms with Crippen LogP contribution < -0.4 is 11.1 Å². The van der Waals surface area contributed by atoms with Crippen molar-refractivity contribution in [2.24, 2.45) is 5.73 Å². The van der Waals surface area contributed by atoms with Gasteiger partial charge in [-0.25, -0.2) is 0 Å². The second kappa shape index (κ2) is 8.51. The number of hydrogen-bond acceptors (Lipinski definition) is 4. The minimum atomic E-state index is -0.0514. The van der Waals surface area contributed by atoms with Crippen LogP contribution >= 0.6 is 0 Å². The highest BCUT2D eigenvalue weighted by Crippen LogP contribution is 2.16. The molecular formula is C14H29N3O2. The first kappa shape index (κ1) is 16.4. The summed E-state index contributed by atoms with van der Waals surface area (Å²) in [5.41, 5.74) is 5.43. The molecule has 1 amide bonds. The van der Waals surface area contributed by atoms with E-state index in [0.29, 0.717) is 19.3 Å². The Bertz CT molecular complexity index is 265. The lowest BCUT2D eigenvalue weighted by atomic mass is 10.1. The summed E-state index contributed by atoms with van der Waals surface area (Å²) in [4.78, 5) is 14.3. The molecule has 0 spiro atoms. The average molecular weight is 271 g/mol. The van der Waals surface area contributed by atoms with Gasteiger partial charge in [-0.15, -0.1) is 0 Å². The Balaban J connectivity index is 2.31. The fourth-order valence-electron chi connectivity index (χ4n) is 2.30. The minimum Gasteiger partial charge on any atom is -0.377 e. The molecule has 0 radical (unpaired) electrons. The van der Waals surface area contributed by atoms with Crippen LogP contribution in [0.4, 0.5) is 0 Å². The summed E-state index contributed by atoms with van der Waals surface area (Å²) >= 11 is 0. The fourth-order valence-corrected chi connectivity index (χ4v) is 2.30. The number of amides is 1. The van der Waals surface area contributed by atoms with Crippen LogP contribution in [0.1, 0.15) is 40.0 Å². The van der Waals surface area contributed by atoms with Gasteiger partial charge >= 0.3 is 0 Å². The number of piperidine rings is 1. The van der Waals surface area contributed by atoms with Crippen molar-refractivity contribution in [3.8, 4) is 0 Å². The first-order valence-electron chi connectivity index (χ1n) is 7.44. The lowest BCUT2D eigenvalue weighted by Crippen LogP contribution is -2.50. The molecule has 5 heteroatoms. The second-order valence-corrected chi connectivity index (χ2v) is 5.39. The predicted octanol–water partition coefficient (Wildman–Crippen LogP) is 0.729. The van der Waals surface area contributed by atoms with E-state index in [1.165, 1.54) is 0 Å². The number of ether oxygens (including phenoxy) is 1. The lowest BCUT2D eigenvalue weighted by molar-refractivity contribution is -0.127. The molecule has 1 heterocycles. The Morgan fingerprint density at radius 1 is 1.42 bits per heavy atom. The molecule has 1 rings (SSSR count). The maximum atomic E-state index is 12.1. The number of hydrogen-bond donors (Lipinski definition) is 2. The number of nitrogens with one attached hydrogen (secondary N) is 1. The zero-order valence-corrected chi connectivity index (χ0v) is 12.5. The summed E-state index contributed by atoms with van der Waals surface area (Å²) in [6, 6.07) is 0.199. The van der Waals surface area contributed by atoms with Crippen molar-refractivity contribution in [3.05, 3.63) is 0 Å². The molecule has 0 bridgehead atoms. The smallest absolute Gasteiger partial charge is 0.237 e. The fraction of sp³-hybridized carbons (Fsp3) is 0.929. The molecule has 0 aliphatic carbocycles. The Morgan fingerprint density at radius 2 is 2.05 bits per heavy atom. The van der Waals surface area contributed by atoms with Crippen LogP contribution in [-0.4, -0.2) is 55.2 Å². The maximum Gasteiger partial charge on any atom is 0.237 e. The maximum absolute atomic E-state index is 12.1. The van der Waals surface area contributed by atoms with Gasteiger partial charge in [0.2, 0.25) is 5.91 Å². The van der Waals surface area contributed by atoms with Crippen LogP contribution in [0.5, 0.6) is 0 Å². The van der Waals surface area contributed by atoms with Crippen LogP contribution in [0.15, 0.2) is 0 Å². The van der Waals surface area contributed by atoms with Gasteiger partial charge in [0, 0.05) is 25.7 Å². The molecule has 2 atom stereocenters. The third-order valence-electron chi connectivity index (χ3n) is 3.88. The number of rotatable bonds is 7. The van der Waals surface area contributed by atoms with Crippen molar-refractivity contribution < 1.29 is 9.53 Å². The molecule has 112 valence electrons. The summed E-state index contributed by atoms with van der Waals surface area (Å²) in [6.45, 7) is 9.16. The van der Waals surface area contributed by atoms with E-state index in [4.69, 9.17) is 10.5 Å². The van der Waals surface area contributed by atoms with E-state index in [9.17, 15) is 4.79 Å². The highest BCUT2D eigenvalue weighted by atomic mass is 16.5. The SMILES string of the molecule is CCC(C)NC(=O)C(C)N1CCC(OCCN)CC1. The monoisotopic (exact) mass is 271 g/mol. The zero-order chi connectivity index (χ0) is 14.3. The Labute approximate surface area is 116 Å². The van der Waals surface area contributed by atoms with E-state index in [-0.39, 0.29) is 18.0 Å². The van der Waals surface area contributed by atoms with Crippen molar-refractivity contribution >= 4 is 5.91 Å². The molecule has 0 saturated carbocycles. The molecule has 19 heavy (non-hydrogen) atoms. The van der Waals surface area contributed by atoms with Crippen molar-refractivity contribution in [1.82, 2.24) is 10.2 Å². The van der Waals surface area contributed by atoms with Gasteiger partial charge in [0.25, 0.3) is 0 Å². The highest BCUT2D eigenvalue weighted by molar-refractivity contribution is 5.81. The summed E-state index contributed by atoms with van der Waals surface area (Å²) in [7, 11) is 0. The molecule has 2 unspecified atom stereocenters. The van der Waals surface area contributed by atoms with Gasteiger partial charge in [0.15, 0.2) is 0 Å². The zero-order valence-electron chi connectivity index (χ0n) is 12.5. The number of carbonyl (C=O) groups is 1. The first-order valence-corrected chi connectivity index (χ1v) is 7.44. The van der Waals surface area contributed by atoms with Gasteiger partial charge in [-0.1, -0.05) is 6.92 Å². The third-order valence-corrected chi connectivity index (χ3v) is 3.88. The number of likely N-dealkylation sites (tertiary alicyclic amines) is 1. The quantitative estimate of drug-likeness (QED) is 0.716. The summed E-state index contributed by atoms with van der Waals surface area (Å²) in [5.74, 6) is 0.135. The van der Waals surface area contributed by atoms with Crippen LogP contribution in [-0.2, 0) is 9.53 Å². The summed E-state index contributed by atoms with van der Waals surface area (Å²) < 4.78 is 5.65. The van der Waals surface area contributed by atoms with Crippen LogP contribution in [0.2, 0.25) is 0 Å². The van der Waals surface area contributed by atoms with Gasteiger partial charge in [-0.05, 0) is 33.1 Å². The standard InChI is InChI=1S/C14H29N3O2/c1-4-11(2)16-14(18)12(3)17-8-5-13(6-9-17)19-10-7-15/h11-13H,4-10,15H2,1-3H3,(H,16,18). The number of carbonyl (C=O) groups excluding carboxylic acids is 1. The Hall–Kier alpha value is -0.650. The van der Waals surface area contributed by atoms with Crippen molar-refractivity contribution in [2.45, 2.75) is 58.2 Å². The van der Waals surface area contributed by atoms with Crippen molar-refractivity contribution in [3.63, 3.8) is 0 Å². The van der Waals surface area contributed by atoms with E-state index in [1.54, 1.807) is 0 Å². The normalized spacial score (nSPS) is 21.1. The number of nitrogens with zero attached hydrogens (tertiary/aromatic N) is 1. The molecule has 3 N–H and O–H groups in total. The summed E-state index contributed by atoms with van der Waals surface area (Å²) in [5, 5.41) is 3.04. The van der Waals surface area contributed by atoms with Gasteiger partial charge in [0.1, 0.15) is 0 Å². The molecule has 0 aromatic rings. The van der Waals surface area contributed by atoms with Gasteiger partial charge in [-0.2, -0.15) is 0 Å². The van der Waals surface area contributed by atoms with Crippen molar-refractivity contribution in [2.75, 3.05) is 26.2 Å². The topological polar surface area (TPSA) is 67.6 Å². The van der Waals surface area contributed by atoms with E-state index in [2.05, 4.69) is 17.1 Å². The van der Waals surface area contributed by atoms with Gasteiger partial charge in [0.05, 0.1) is 18.8 Å². The van der Waals surface area contributed by atoms with E-state index >= 15 is 0 Å². The van der Waals surface area contributed by atoms with Crippen LogP contribution in [0.25, 0.3) is 0 Å². The molecule has 1 saturated heterocycles. The molecule has 0 aromatic heterocycles.